The first kappa shape index (κ1) is 30.9. The van der Waals surface area contributed by atoms with Gasteiger partial charge in [-0.05, 0) is 25.3 Å². The zero-order valence-electron chi connectivity index (χ0n) is 24.1. The van der Waals surface area contributed by atoms with Crippen LogP contribution in [0.2, 0.25) is 0 Å². The molecule has 0 saturated carbocycles. The minimum absolute atomic E-state index is 0.0383. The summed E-state index contributed by atoms with van der Waals surface area (Å²) >= 11 is 0. The van der Waals surface area contributed by atoms with Gasteiger partial charge >= 0.3 is 12.1 Å². The molecule has 4 rings (SSSR count). The van der Waals surface area contributed by atoms with Gasteiger partial charge in [0.05, 0.1) is 6.61 Å². The van der Waals surface area contributed by atoms with Crippen molar-refractivity contribution in [3.63, 3.8) is 0 Å². The minimum atomic E-state index is -1.10. The van der Waals surface area contributed by atoms with Gasteiger partial charge in [0.25, 0.3) is 5.91 Å². The summed E-state index contributed by atoms with van der Waals surface area (Å²) in [5, 5.41) is 15.3. The number of aliphatic carboxylic acids is 1. The van der Waals surface area contributed by atoms with Crippen molar-refractivity contribution in [3.8, 4) is 11.4 Å². The second kappa shape index (κ2) is 15.3. The molecule has 1 aromatic heterocycles. The summed E-state index contributed by atoms with van der Waals surface area (Å²) in [7, 11) is 0. The highest BCUT2D eigenvalue weighted by atomic mass is 16.6. The number of nitrogens with zero attached hydrogens (tertiary/aromatic N) is 4. The van der Waals surface area contributed by atoms with Gasteiger partial charge in [-0.25, -0.2) is 14.8 Å². The van der Waals surface area contributed by atoms with E-state index in [1.807, 2.05) is 60.7 Å². The van der Waals surface area contributed by atoms with E-state index in [1.54, 1.807) is 6.92 Å². The van der Waals surface area contributed by atoms with Crippen LogP contribution in [-0.4, -0.2) is 94.1 Å². The number of ether oxygens (including phenoxy) is 1. The maximum atomic E-state index is 13.5. The first-order valence-corrected chi connectivity index (χ1v) is 14.3. The van der Waals surface area contributed by atoms with Gasteiger partial charge in [0.1, 0.15) is 17.6 Å². The quantitative estimate of drug-likeness (QED) is 0.290. The van der Waals surface area contributed by atoms with E-state index in [4.69, 9.17) is 4.74 Å². The summed E-state index contributed by atoms with van der Waals surface area (Å²) in [6.45, 7) is 3.55. The van der Waals surface area contributed by atoms with Crippen LogP contribution in [0.1, 0.15) is 35.8 Å². The fourth-order valence-corrected chi connectivity index (χ4v) is 4.65. The smallest absolute Gasteiger partial charge is 0.409 e. The zero-order chi connectivity index (χ0) is 30.6. The van der Waals surface area contributed by atoms with E-state index in [0.717, 1.165) is 12.0 Å². The molecule has 3 N–H and O–H groups in total. The van der Waals surface area contributed by atoms with E-state index in [1.165, 1.54) is 15.9 Å². The fraction of sp³-hybridized carbons (Fsp3) is 0.355. The summed E-state index contributed by atoms with van der Waals surface area (Å²) in [5.74, 6) is -1.36. The Morgan fingerprint density at radius 1 is 0.930 bits per heavy atom. The number of anilines is 1. The number of hydrogen-bond donors (Lipinski definition) is 3. The number of benzene rings is 2. The van der Waals surface area contributed by atoms with Crippen molar-refractivity contribution in [3.05, 3.63) is 78.0 Å². The Morgan fingerprint density at radius 2 is 1.58 bits per heavy atom. The predicted octanol–water partition coefficient (Wildman–Crippen LogP) is 3.06. The highest BCUT2D eigenvalue weighted by Gasteiger charge is 2.31. The summed E-state index contributed by atoms with van der Waals surface area (Å²) in [6.07, 6.45) is -0.124. The standard InChI is InChI=1S/C31H36N6O6/c1-2-43-31(42)37-19-17-36(18-20-37)30(41)24(13-14-27(38)39)34-29(40)25-21-26(32-16-15-22-9-5-3-6-10-22)35-28(33-25)23-11-7-4-8-12-23/h3-12,21,24H,2,13-20H2,1H3,(H,34,40)(H,38,39)(H,32,33,35). The minimum Gasteiger partial charge on any atom is -0.481 e. The van der Waals surface area contributed by atoms with E-state index in [9.17, 15) is 24.3 Å². The third kappa shape index (κ3) is 8.99. The van der Waals surface area contributed by atoms with Gasteiger partial charge in [-0.1, -0.05) is 60.7 Å². The lowest BCUT2D eigenvalue weighted by atomic mass is 10.1. The third-order valence-electron chi connectivity index (χ3n) is 6.92. The lowest BCUT2D eigenvalue weighted by Crippen LogP contribution is -2.56. The van der Waals surface area contributed by atoms with Gasteiger partial charge < -0.3 is 30.3 Å². The fourth-order valence-electron chi connectivity index (χ4n) is 4.65. The Balaban J connectivity index is 1.50. The van der Waals surface area contributed by atoms with E-state index in [2.05, 4.69) is 20.6 Å². The Bertz CT molecular complexity index is 1400. The maximum absolute atomic E-state index is 13.5. The molecule has 43 heavy (non-hydrogen) atoms. The van der Waals surface area contributed by atoms with Crippen LogP contribution in [0.25, 0.3) is 11.4 Å². The number of carboxylic acid groups (broad SMARTS) is 1. The number of carbonyl (C=O) groups is 4. The van der Waals surface area contributed by atoms with Gasteiger partial charge in [-0.2, -0.15) is 0 Å². The highest BCUT2D eigenvalue weighted by Crippen LogP contribution is 2.19. The number of amides is 3. The molecule has 1 unspecified atom stereocenters. The molecule has 0 radical (unpaired) electrons. The average molecular weight is 589 g/mol. The van der Waals surface area contributed by atoms with E-state index >= 15 is 0 Å². The van der Waals surface area contributed by atoms with Crippen molar-refractivity contribution in [1.82, 2.24) is 25.1 Å². The first-order valence-electron chi connectivity index (χ1n) is 14.3. The van der Waals surface area contributed by atoms with Crippen LogP contribution in [-0.2, 0) is 20.7 Å². The molecule has 0 aliphatic carbocycles. The number of aromatic nitrogens is 2. The highest BCUT2D eigenvalue weighted by molar-refractivity contribution is 5.97. The van der Waals surface area contributed by atoms with Crippen LogP contribution in [0.5, 0.6) is 0 Å². The molecule has 3 amide bonds. The Morgan fingerprint density at radius 3 is 2.23 bits per heavy atom. The Kier molecular flexibility index (Phi) is 11.0. The first-order chi connectivity index (χ1) is 20.8. The summed E-state index contributed by atoms with van der Waals surface area (Å²) < 4.78 is 5.03. The van der Waals surface area contributed by atoms with Crippen molar-refractivity contribution in [1.29, 1.82) is 0 Å². The molecule has 1 atom stereocenters. The topological polar surface area (TPSA) is 154 Å². The molecule has 3 aromatic rings. The largest absolute Gasteiger partial charge is 0.481 e. The molecule has 226 valence electrons. The van der Waals surface area contributed by atoms with Gasteiger partial charge in [0.15, 0.2) is 5.82 Å². The van der Waals surface area contributed by atoms with E-state index < -0.39 is 29.9 Å². The Hall–Kier alpha value is -5.00. The van der Waals surface area contributed by atoms with Gasteiger partial charge in [0.2, 0.25) is 5.91 Å². The molecule has 12 nitrogen and oxygen atoms in total. The molecular formula is C31H36N6O6. The number of hydrogen-bond acceptors (Lipinski definition) is 8. The van der Waals surface area contributed by atoms with Gasteiger partial charge in [0, 0.05) is 50.8 Å². The summed E-state index contributed by atoms with van der Waals surface area (Å²) in [4.78, 5) is 62.5. The number of carboxylic acids is 1. The Labute approximate surface area is 250 Å². The third-order valence-corrected chi connectivity index (χ3v) is 6.92. The molecule has 12 heteroatoms. The SMILES string of the molecule is CCOC(=O)N1CCN(C(=O)C(CCC(=O)O)NC(=O)c2cc(NCCc3ccccc3)nc(-c3ccccc3)n2)CC1. The van der Waals surface area contributed by atoms with Crippen LogP contribution in [0.4, 0.5) is 10.6 Å². The van der Waals surface area contributed by atoms with Crippen LogP contribution in [0.3, 0.4) is 0 Å². The number of piperazine rings is 1. The monoisotopic (exact) mass is 588 g/mol. The summed E-state index contributed by atoms with van der Waals surface area (Å²) in [5.41, 5.74) is 1.89. The second-order valence-electron chi connectivity index (χ2n) is 9.96. The van der Waals surface area contributed by atoms with Crippen molar-refractivity contribution in [2.24, 2.45) is 0 Å². The summed E-state index contributed by atoms with van der Waals surface area (Å²) in [6, 6.07) is 19.6. The molecule has 0 bridgehead atoms. The van der Waals surface area contributed by atoms with Gasteiger partial charge in [-0.3, -0.25) is 14.4 Å². The molecule has 1 aliphatic rings. The van der Waals surface area contributed by atoms with Gasteiger partial charge in [-0.15, -0.1) is 0 Å². The van der Waals surface area contributed by atoms with E-state index in [-0.39, 0.29) is 51.3 Å². The molecule has 2 heterocycles. The number of rotatable bonds is 12. The lowest BCUT2D eigenvalue weighted by molar-refractivity contribution is -0.138. The maximum Gasteiger partial charge on any atom is 0.409 e. The molecule has 1 aliphatic heterocycles. The predicted molar refractivity (Wildman–Crippen MR) is 159 cm³/mol. The lowest BCUT2D eigenvalue weighted by Gasteiger charge is -2.35. The second-order valence-corrected chi connectivity index (χ2v) is 9.96. The molecule has 1 saturated heterocycles. The normalized spacial score (nSPS) is 13.6. The van der Waals surface area contributed by atoms with Crippen LogP contribution < -0.4 is 10.6 Å². The molecule has 0 spiro atoms. The molecule has 1 fully saturated rings. The van der Waals surface area contributed by atoms with Crippen LogP contribution >= 0.6 is 0 Å². The van der Waals surface area contributed by atoms with Crippen molar-refractivity contribution in [2.45, 2.75) is 32.2 Å². The van der Waals surface area contributed by atoms with Crippen LogP contribution in [0.15, 0.2) is 66.7 Å². The number of nitrogens with one attached hydrogen (secondary N) is 2. The van der Waals surface area contributed by atoms with Crippen molar-refractivity contribution in [2.75, 3.05) is 44.6 Å². The average Bonchev–Trinajstić information content (AvgIpc) is 3.03. The van der Waals surface area contributed by atoms with Crippen molar-refractivity contribution < 1.29 is 29.0 Å². The molecular weight excluding hydrogens is 552 g/mol. The van der Waals surface area contributed by atoms with Crippen LogP contribution in [0, 0.1) is 0 Å². The van der Waals surface area contributed by atoms with Crippen molar-refractivity contribution >= 4 is 29.7 Å². The number of carbonyl (C=O) groups excluding carboxylic acids is 3. The molecule has 2 aromatic carbocycles. The van der Waals surface area contributed by atoms with E-state index in [0.29, 0.717) is 23.8 Å². The zero-order valence-corrected chi connectivity index (χ0v) is 24.1.